The van der Waals surface area contributed by atoms with E-state index in [1.165, 1.54) is 44.6 Å². The molecule has 0 radical (unpaired) electrons. The molecule has 0 saturated heterocycles. The summed E-state index contributed by atoms with van der Waals surface area (Å²) >= 11 is 6.25. The van der Waals surface area contributed by atoms with Gasteiger partial charge in [-0.3, -0.25) is 4.39 Å². The van der Waals surface area contributed by atoms with Crippen LogP contribution < -0.4 is 0 Å². The quantitative estimate of drug-likeness (QED) is 0.474. The predicted octanol–water partition coefficient (Wildman–Crippen LogP) is 7.48. The van der Waals surface area contributed by atoms with Crippen LogP contribution in [0.1, 0.15) is 69.3 Å². The molecule has 0 unspecified atom stereocenters. The molecule has 3 rings (SSSR count). The van der Waals surface area contributed by atoms with Gasteiger partial charge in [-0.25, -0.2) is 4.39 Å². The third-order valence-electron chi connectivity index (χ3n) is 6.35. The summed E-state index contributed by atoms with van der Waals surface area (Å²) in [6, 6.07) is 5.03. The lowest BCUT2D eigenvalue weighted by molar-refractivity contribution is 0.171. The van der Waals surface area contributed by atoms with Crippen molar-refractivity contribution in [2.45, 2.75) is 63.7 Å². The summed E-state index contributed by atoms with van der Waals surface area (Å²) in [5.41, 5.74) is 0.740. The van der Waals surface area contributed by atoms with Crippen LogP contribution in [0, 0.1) is 23.6 Å². The highest BCUT2D eigenvalue weighted by atomic mass is 35.5. The van der Waals surface area contributed by atoms with Crippen LogP contribution >= 0.6 is 11.6 Å². The third-order valence-corrected chi connectivity index (χ3v) is 6.68. The molecule has 0 aliphatic heterocycles. The second kappa shape index (κ2) is 9.16. The van der Waals surface area contributed by atoms with E-state index in [1.54, 1.807) is 6.07 Å². The van der Waals surface area contributed by atoms with Crippen molar-refractivity contribution in [2.75, 3.05) is 6.67 Å². The van der Waals surface area contributed by atoms with Crippen molar-refractivity contribution in [3.8, 4) is 0 Å². The molecule has 0 N–H and O–H groups in total. The fraction of sp³-hybridized carbons (Fsp3) is 0.636. The molecule has 0 atom stereocenters. The molecule has 25 heavy (non-hydrogen) atoms. The molecule has 0 amide bonds. The summed E-state index contributed by atoms with van der Waals surface area (Å²) in [7, 11) is 0. The fourth-order valence-electron chi connectivity index (χ4n) is 4.94. The molecule has 0 bridgehead atoms. The standard InChI is InChI=1S/C22H29ClF2/c23-20-5-3-6-21(25)22(20)19-13-11-18(12-14-19)17-9-7-16(8-10-17)4-1-2-15-24/h1,3-6,16-19H,2,7-15H2/b4-1+/t16-,17-,18?,19?. The van der Waals surface area contributed by atoms with Crippen LogP contribution in [0.2, 0.25) is 5.02 Å². The highest BCUT2D eigenvalue weighted by Gasteiger charge is 2.32. The normalized spacial score (nSPS) is 30.7. The molecule has 0 heterocycles. The van der Waals surface area contributed by atoms with E-state index < -0.39 is 0 Å². The van der Waals surface area contributed by atoms with Crippen LogP contribution in [-0.4, -0.2) is 6.67 Å². The van der Waals surface area contributed by atoms with Crippen LogP contribution in [0.15, 0.2) is 30.4 Å². The maximum Gasteiger partial charge on any atom is 0.128 e. The van der Waals surface area contributed by atoms with Gasteiger partial charge in [-0.1, -0.05) is 29.8 Å². The number of allylic oxidation sites excluding steroid dienone is 2. The van der Waals surface area contributed by atoms with E-state index in [0.717, 1.165) is 30.2 Å². The zero-order chi connectivity index (χ0) is 17.6. The Morgan fingerprint density at radius 3 is 2.20 bits per heavy atom. The van der Waals surface area contributed by atoms with Crippen molar-refractivity contribution in [1.82, 2.24) is 0 Å². The Morgan fingerprint density at radius 1 is 0.960 bits per heavy atom. The maximum absolute atomic E-state index is 14.1. The van der Waals surface area contributed by atoms with Crippen molar-refractivity contribution in [2.24, 2.45) is 17.8 Å². The molecule has 1 aromatic carbocycles. The first-order valence-corrected chi connectivity index (χ1v) is 10.2. The highest BCUT2D eigenvalue weighted by Crippen LogP contribution is 2.45. The maximum atomic E-state index is 14.1. The van der Waals surface area contributed by atoms with Gasteiger partial charge in [0.25, 0.3) is 0 Å². The molecule has 1 aromatic rings. The molecule has 138 valence electrons. The minimum atomic E-state index is -0.249. The zero-order valence-electron chi connectivity index (χ0n) is 14.9. The Labute approximate surface area is 155 Å². The minimum Gasteiger partial charge on any atom is -0.251 e. The van der Waals surface area contributed by atoms with Crippen LogP contribution in [0.25, 0.3) is 0 Å². The van der Waals surface area contributed by atoms with Gasteiger partial charge in [0.05, 0.1) is 6.67 Å². The van der Waals surface area contributed by atoms with Crippen molar-refractivity contribution >= 4 is 11.6 Å². The molecule has 0 nitrogen and oxygen atoms in total. The monoisotopic (exact) mass is 366 g/mol. The van der Waals surface area contributed by atoms with Crippen LogP contribution in [-0.2, 0) is 0 Å². The second-order valence-corrected chi connectivity index (χ2v) is 8.23. The Balaban J connectivity index is 1.49. The van der Waals surface area contributed by atoms with Gasteiger partial charge in [-0.15, -0.1) is 0 Å². The number of halogens is 3. The van der Waals surface area contributed by atoms with Gasteiger partial charge < -0.3 is 0 Å². The van der Waals surface area contributed by atoms with E-state index in [0.29, 0.717) is 17.4 Å². The van der Waals surface area contributed by atoms with E-state index in [-0.39, 0.29) is 18.4 Å². The lowest BCUT2D eigenvalue weighted by Gasteiger charge is -2.37. The lowest BCUT2D eigenvalue weighted by Crippen LogP contribution is -2.25. The molecule has 2 aliphatic rings. The smallest absolute Gasteiger partial charge is 0.128 e. The van der Waals surface area contributed by atoms with E-state index >= 15 is 0 Å². The summed E-state index contributed by atoms with van der Waals surface area (Å²) in [5.74, 6) is 2.40. The largest absolute Gasteiger partial charge is 0.251 e. The molecule has 2 saturated carbocycles. The van der Waals surface area contributed by atoms with Gasteiger partial charge in [0.1, 0.15) is 5.82 Å². The number of benzene rings is 1. The number of hydrogen-bond acceptors (Lipinski definition) is 0. The van der Waals surface area contributed by atoms with Gasteiger partial charge in [0.2, 0.25) is 0 Å². The minimum absolute atomic E-state index is 0.142. The van der Waals surface area contributed by atoms with Crippen molar-refractivity contribution in [3.05, 3.63) is 46.8 Å². The summed E-state index contributed by atoms with van der Waals surface area (Å²) < 4.78 is 26.3. The Morgan fingerprint density at radius 2 is 1.60 bits per heavy atom. The number of hydrogen-bond donors (Lipinski definition) is 0. The van der Waals surface area contributed by atoms with Crippen molar-refractivity contribution < 1.29 is 8.78 Å². The first kappa shape index (κ1) is 18.9. The number of alkyl halides is 1. The highest BCUT2D eigenvalue weighted by molar-refractivity contribution is 6.31. The first-order valence-electron chi connectivity index (χ1n) is 9.85. The second-order valence-electron chi connectivity index (χ2n) is 7.83. The summed E-state index contributed by atoms with van der Waals surface area (Å²) in [4.78, 5) is 0. The van der Waals surface area contributed by atoms with Gasteiger partial charge in [-0.05, 0) is 93.6 Å². The molecular formula is C22H29ClF2. The fourth-order valence-corrected chi connectivity index (χ4v) is 5.26. The Hall–Kier alpha value is -0.890. The topological polar surface area (TPSA) is 0 Å². The van der Waals surface area contributed by atoms with E-state index in [4.69, 9.17) is 11.6 Å². The summed E-state index contributed by atoms with van der Waals surface area (Å²) in [6.45, 7) is -0.249. The van der Waals surface area contributed by atoms with E-state index in [1.807, 2.05) is 12.1 Å². The Kier molecular flexibility index (Phi) is 6.92. The number of rotatable bonds is 5. The molecule has 0 aromatic heterocycles. The first-order chi connectivity index (χ1) is 12.2. The van der Waals surface area contributed by atoms with Gasteiger partial charge in [-0.2, -0.15) is 0 Å². The van der Waals surface area contributed by atoms with Crippen LogP contribution in [0.3, 0.4) is 0 Å². The third kappa shape index (κ3) is 4.84. The SMILES string of the molecule is FCC/C=C/[C@H]1CC[C@H](C2CCC(c3c(F)cccc3Cl)CC2)CC1. The molecule has 2 fully saturated rings. The van der Waals surface area contributed by atoms with Crippen molar-refractivity contribution in [3.63, 3.8) is 0 Å². The molecular weight excluding hydrogens is 338 g/mol. The average molecular weight is 367 g/mol. The summed E-state index contributed by atoms with van der Waals surface area (Å²) in [6.07, 6.45) is 14.4. The molecule has 0 spiro atoms. The molecule has 3 heteroatoms. The van der Waals surface area contributed by atoms with Crippen LogP contribution in [0.5, 0.6) is 0 Å². The van der Waals surface area contributed by atoms with Crippen molar-refractivity contribution in [1.29, 1.82) is 0 Å². The van der Waals surface area contributed by atoms with Gasteiger partial charge in [0, 0.05) is 10.6 Å². The summed E-state index contributed by atoms with van der Waals surface area (Å²) in [5, 5.41) is 0.587. The zero-order valence-corrected chi connectivity index (χ0v) is 15.7. The van der Waals surface area contributed by atoms with Gasteiger partial charge >= 0.3 is 0 Å². The van der Waals surface area contributed by atoms with Crippen LogP contribution in [0.4, 0.5) is 8.78 Å². The van der Waals surface area contributed by atoms with Gasteiger partial charge in [0.15, 0.2) is 0 Å². The van der Waals surface area contributed by atoms with E-state index in [9.17, 15) is 8.78 Å². The van der Waals surface area contributed by atoms with E-state index in [2.05, 4.69) is 6.08 Å². The average Bonchev–Trinajstić information content (AvgIpc) is 2.63. The molecule has 2 aliphatic carbocycles. The Bertz CT molecular complexity index is 547. The lowest BCUT2D eigenvalue weighted by atomic mass is 9.68. The predicted molar refractivity (Wildman–Crippen MR) is 101 cm³/mol.